The first-order valence-electron chi connectivity index (χ1n) is 7.78. The van der Waals surface area contributed by atoms with Crippen molar-refractivity contribution in [2.75, 3.05) is 18.0 Å². The average Bonchev–Trinajstić information content (AvgIpc) is 2.72. The lowest BCUT2D eigenvalue weighted by Crippen LogP contribution is -2.46. The van der Waals surface area contributed by atoms with Crippen LogP contribution in [0.4, 0.5) is 5.69 Å². The normalized spacial score (nSPS) is 27.4. The Hall–Kier alpha value is -1.68. The number of benzene rings is 1. The van der Waals surface area contributed by atoms with Crippen LogP contribution in [0.3, 0.4) is 0 Å². The average molecular weight is 286 g/mol. The zero-order chi connectivity index (χ0) is 15.0. The Morgan fingerprint density at radius 1 is 0.952 bits per heavy atom. The van der Waals surface area contributed by atoms with E-state index in [-0.39, 0.29) is 23.8 Å². The molecule has 112 valence electrons. The van der Waals surface area contributed by atoms with Crippen molar-refractivity contribution in [1.82, 2.24) is 4.90 Å². The number of carbonyl (C=O) groups excluding carboxylic acids is 2. The first kappa shape index (κ1) is 14.3. The van der Waals surface area contributed by atoms with Crippen molar-refractivity contribution in [3.63, 3.8) is 0 Å². The summed E-state index contributed by atoms with van der Waals surface area (Å²) in [5.41, 5.74) is 1.82. The van der Waals surface area contributed by atoms with Crippen molar-refractivity contribution >= 4 is 17.5 Å². The van der Waals surface area contributed by atoms with E-state index < -0.39 is 0 Å². The Morgan fingerprint density at radius 3 is 2.19 bits per heavy atom. The highest BCUT2D eigenvalue weighted by Gasteiger charge is 2.48. The molecule has 0 aromatic heterocycles. The summed E-state index contributed by atoms with van der Waals surface area (Å²) in [4.78, 5) is 28.9. The molecule has 0 bridgehead atoms. The SMILES string of the molecule is Cc1ccc(N2C(=O)[C@@H](C)[C@H](N3CCCCC3)C2=O)cc1. The number of anilines is 1. The molecule has 0 N–H and O–H groups in total. The molecule has 1 aromatic carbocycles. The first-order chi connectivity index (χ1) is 10.1. The summed E-state index contributed by atoms with van der Waals surface area (Å²) in [7, 11) is 0. The standard InChI is InChI=1S/C17H22N2O2/c1-12-6-8-14(9-7-12)19-16(20)13(2)15(17(19)21)18-10-4-3-5-11-18/h6-9,13,15H,3-5,10-11H2,1-2H3/t13-,15-/m0/s1. The molecule has 0 saturated carbocycles. The lowest BCUT2D eigenvalue weighted by atomic mass is 10.0. The monoisotopic (exact) mass is 286 g/mol. The van der Waals surface area contributed by atoms with E-state index in [4.69, 9.17) is 0 Å². The highest BCUT2D eigenvalue weighted by atomic mass is 16.2. The van der Waals surface area contributed by atoms with E-state index in [0.717, 1.165) is 31.5 Å². The molecule has 2 saturated heterocycles. The van der Waals surface area contributed by atoms with Gasteiger partial charge >= 0.3 is 0 Å². The van der Waals surface area contributed by atoms with Crippen LogP contribution in [0.5, 0.6) is 0 Å². The molecule has 2 fully saturated rings. The van der Waals surface area contributed by atoms with E-state index >= 15 is 0 Å². The van der Waals surface area contributed by atoms with Crippen LogP contribution in [0.25, 0.3) is 0 Å². The minimum atomic E-state index is -0.279. The van der Waals surface area contributed by atoms with Crippen LogP contribution < -0.4 is 4.90 Å². The molecule has 0 spiro atoms. The molecule has 0 unspecified atom stereocenters. The number of carbonyl (C=O) groups is 2. The van der Waals surface area contributed by atoms with Crippen molar-refractivity contribution in [2.45, 2.75) is 39.2 Å². The molecule has 4 nitrogen and oxygen atoms in total. The number of hydrogen-bond donors (Lipinski definition) is 0. The molecule has 2 heterocycles. The number of nitrogens with zero attached hydrogens (tertiary/aromatic N) is 2. The van der Waals surface area contributed by atoms with Crippen molar-refractivity contribution in [2.24, 2.45) is 5.92 Å². The number of piperidine rings is 1. The molecule has 2 atom stereocenters. The highest BCUT2D eigenvalue weighted by molar-refractivity contribution is 6.23. The second-order valence-electron chi connectivity index (χ2n) is 6.18. The molecule has 0 aliphatic carbocycles. The molecular formula is C17H22N2O2. The number of aryl methyl sites for hydroxylation is 1. The van der Waals surface area contributed by atoms with Gasteiger partial charge in [-0.2, -0.15) is 0 Å². The molecule has 3 rings (SSSR count). The van der Waals surface area contributed by atoms with Crippen LogP contribution in [0.1, 0.15) is 31.7 Å². The summed E-state index contributed by atoms with van der Waals surface area (Å²) < 4.78 is 0. The fourth-order valence-corrected chi connectivity index (χ4v) is 3.41. The van der Waals surface area contributed by atoms with E-state index in [0.29, 0.717) is 5.69 Å². The van der Waals surface area contributed by atoms with Gasteiger partial charge in [0.15, 0.2) is 0 Å². The van der Waals surface area contributed by atoms with Crippen LogP contribution in [-0.2, 0) is 9.59 Å². The maximum Gasteiger partial charge on any atom is 0.251 e. The topological polar surface area (TPSA) is 40.6 Å². The lowest BCUT2D eigenvalue weighted by Gasteiger charge is -2.32. The van der Waals surface area contributed by atoms with Gasteiger partial charge in [0.1, 0.15) is 6.04 Å². The number of likely N-dealkylation sites (tertiary alicyclic amines) is 1. The highest BCUT2D eigenvalue weighted by Crippen LogP contribution is 2.31. The largest absolute Gasteiger partial charge is 0.291 e. The minimum Gasteiger partial charge on any atom is -0.291 e. The third-order valence-electron chi connectivity index (χ3n) is 4.63. The summed E-state index contributed by atoms with van der Waals surface area (Å²) in [6, 6.07) is 7.32. The van der Waals surface area contributed by atoms with E-state index in [1.165, 1.54) is 11.3 Å². The van der Waals surface area contributed by atoms with Crippen molar-refractivity contribution in [3.8, 4) is 0 Å². The van der Waals surface area contributed by atoms with E-state index in [2.05, 4.69) is 4.90 Å². The fourth-order valence-electron chi connectivity index (χ4n) is 3.41. The maximum absolute atomic E-state index is 12.8. The van der Waals surface area contributed by atoms with Gasteiger partial charge in [0.05, 0.1) is 11.6 Å². The predicted molar refractivity (Wildman–Crippen MR) is 82.0 cm³/mol. The Kier molecular flexibility index (Phi) is 3.81. The lowest BCUT2D eigenvalue weighted by molar-refractivity contribution is -0.123. The second kappa shape index (κ2) is 5.60. The Bertz CT molecular complexity index is 546. The van der Waals surface area contributed by atoms with Gasteiger partial charge in [-0.15, -0.1) is 0 Å². The van der Waals surface area contributed by atoms with Gasteiger partial charge in [-0.1, -0.05) is 31.0 Å². The number of imide groups is 1. The molecule has 0 radical (unpaired) electrons. The van der Waals surface area contributed by atoms with Gasteiger partial charge in [0.2, 0.25) is 5.91 Å². The maximum atomic E-state index is 12.8. The zero-order valence-corrected chi connectivity index (χ0v) is 12.7. The van der Waals surface area contributed by atoms with Gasteiger partial charge < -0.3 is 0 Å². The predicted octanol–water partition coefficient (Wildman–Crippen LogP) is 2.36. The molecular weight excluding hydrogens is 264 g/mol. The van der Waals surface area contributed by atoms with Crippen LogP contribution in [0.2, 0.25) is 0 Å². The minimum absolute atomic E-state index is 0.0572. The van der Waals surface area contributed by atoms with Crippen molar-refractivity contribution in [3.05, 3.63) is 29.8 Å². The smallest absolute Gasteiger partial charge is 0.251 e. The molecule has 2 aliphatic heterocycles. The van der Waals surface area contributed by atoms with Gasteiger partial charge in [0.25, 0.3) is 5.91 Å². The summed E-state index contributed by atoms with van der Waals surface area (Å²) in [5.74, 6) is -0.380. The number of hydrogen-bond acceptors (Lipinski definition) is 3. The van der Waals surface area contributed by atoms with Crippen molar-refractivity contribution < 1.29 is 9.59 Å². The van der Waals surface area contributed by atoms with Gasteiger partial charge in [0, 0.05) is 0 Å². The van der Waals surface area contributed by atoms with Crippen molar-refractivity contribution in [1.29, 1.82) is 0 Å². The van der Waals surface area contributed by atoms with Gasteiger partial charge in [-0.3, -0.25) is 14.5 Å². The van der Waals surface area contributed by atoms with Crippen LogP contribution >= 0.6 is 0 Å². The molecule has 4 heteroatoms. The van der Waals surface area contributed by atoms with Crippen LogP contribution in [0.15, 0.2) is 24.3 Å². The third-order valence-corrected chi connectivity index (χ3v) is 4.63. The van der Waals surface area contributed by atoms with E-state index in [1.807, 2.05) is 38.1 Å². The zero-order valence-electron chi connectivity index (χ0n) is 12.7. The molecule has 1 aromatic rings. The second-order valence-corrected chi connectivity index (χ2v) is 6.18. The number of amides is 2. The summed E-state index contributed by atoms with van der Waals surface area (Å²) in [5, 5.41) is 0. The quantitative estimate of drug-likeness (QED) is 0.784. The third kappa shape index (κ3) is 2.48. The van der Waals surface area contributed by atoms with Gasteiger partial charge in [-0.25, -0.2) is 4.90 Å². The summed E-state index contributed by atoms with van der Waals surface area (Å²) in [6.45, 7) is 5.73. The Morgan fingerprint density at radius 2 is 1.57 bits per heavy atom. The first-order valence-corrected chi connectivity index (χ1v) is 7.78. The summed E-state index contributed by atoms with van der Waals surface area (Å²) in [6.07, 6.45) is 3.46. The number of rotatable bonds is 2. The Labute approximate surface area is 125 Å². The molecule has 2 amide bonds. The molecule has 2 aliphatic rings. The fraction of sp³-hybridized carbons (Fsp3) is 0.529. The van der Waals surface area contributed by atoms with Gasteiger partial charge in [-0.05, 0) is 45.0 Å². The van der Waals surface area contributed by atoms with Crippen LogP contribution in [-0.4, -0.2) is 35.8 Å². The summed E-state index contributed by atoms with van der Waals surface area (Å²) >= 11 is 0. The van der Waals surface area contributed by atoms with Crippen LogP contribution in [0, 0.1) is 12.8 Å². The van der Waals surface area contributed by atoms with E-state index in [9.17, 15) is 9.59 Å². The van der Waals surface area contributed by atoms with E-state index in [1.54, 1.807) is 0 Å². The molecule has 21 heavy (non-hydrogen) atoms. The Balaban J connectivity index is 1.87.